The zero-order valence-electron chi connectivity index (χ0n) is 7.66. The van der Waals surface area contributed by atoms with E-state index in [0.29, 0.717) is 17.9 Å². The van der Waals surface area contributed by atoms with Crippen LogP contribution in [0.1, 0.15) is 32.1 Å². The summed E-state index contributed by atoms with van der Waals surface area (Å²) < 4.78 is 0. The molecule has 2 aliphatic carbocycles. The van der Waals surface area contributed by atoms with Gasteiger partial charge in [-0.05, 0) is 43.9 Å². The molecule has 2 atom stereocenters. The normalized spacial score (nSPS) is 46.6. The van der Waals surface area contributed by atoms with Gasteiger partial charge in [0.15, 0.2) is 0 Å². The number of amides is 1. The van der Waals surface area contributed by atoms with Gasteiger partial charge in [-0.1, -0.05) is 0 Å². The first-order valence-corrected chi connectivity index (χ1v) is 5.11. The molecule has 0 aromatic heterocycles. The highest BCUT2D eigenvalue weighted by atomic mass is 35.5. The average Bonchev–Trinajstić information content (AvgIpc) is 2.16. The van der Waals surface area contributed by atoms with Crippen molar-refractivity contribution in [3.8, 4) is 0 Å². The molecule has 13 heavy (non-hydrogen) atoms. The zero-order valence-corrected chi connectivity index (χ0v) is 8.48. The first-order valence-electron chi connectivity index (χ1n) is 5.11. The third kappa shape index (κ3) is 1.45. The van der Waals surface area contributed by atoms with Crippen molar-refractivity contribution >= 4 is 18.3 Å². The van der Waals surface area contributed by atoms with Crippen LogP contribution in [-0.4, -0.2) is 11.9 Å². The van der Waals surface area contributed by atoms with Gasteiger partial charge < -0.3 is 5.32 Å². The molecular formula is C10H16ClNO. The van der Waals surface area contributed by atoms with Crippen molar-refractivity contribution in [2.24, 2.45) is 17.8 Å². The third-order valence-electron chi connectivity index (χ3n) is 3.86. The SMILES string of the molecule is Cl.O=C1NC2CC3CC(C2)CC1C3. The van der Waals surface area contributed by atoms with Gasteiger partial charge in [-0.2, -0.15) is 0 Å². The van der Waals surface area contributed by atoms with Gasteiger partial charge in [-0.25, -0.2) is 0 Å². The maximum Gasteiger partial charge on any atom is 0.223 e. The van der Waals surface area contributed by atoms with E-state index in [0.717, 1.165) is 11.8 Å². The Kier molecular flexibility index (Phi) is 2.26. The smallest absolute Gasteiger partial charge is 0.223 e. The molecule has 4 rings (SSSR count). The lowest BCUT2D eigenvalue weighted by Gasteiger charge is -2.36. The zero-order chi connectivity index (χ0) is 8.13. The predicted octanol–water partition coefficient (Wildman–Crippen LogP) is 1.73. The fourth-order valence-electron chi connectivity index (χ4n) is 3.50. The predicted molar refractivity (Wildman–Crippen MR) is 52.7 cm³/mol. The highest BCUT2D eigenvalue weighted by molar-refractivity contribution is 5.85. The number of halogens is 1. The molecule has 2 saturated carbocycles. The van der Waals surface area contributed by atoms with Crippen LogP contribution in [0, 0.1) is 17.8 Å². The van der Waals surface area contributed by atoms with Crippen molar-refractivity contribution in [3.05, 3.63) is 0 Å². The van der Waals surface area contributed by atoms with Gasteiger partial charge >= 0.3 is 0 Å². The standard InChI is InChI=1S/C10H15NO.ClH/c12-10-8-2-6-1-7(3-8)5-9(4-6)11-10;/h6-9H,1-5H2,(H,11,12);1H. The van der Waals surface area contributed by atoms with Crippen LogP contribution in [0.3, 0.4) is 0 Å². The van der Waals surface area contributed by atoms with Gasteiger partial charge in [0.05, 0.1) is 0 Å². The van der Waals surface area contributed by atoms with E-state index >= 15 is 0 Å². The van der Waals surface area contributed by atoms with Crippen molar-refractivity contribution in [2.45, 2.75) is 38.1 Å². The minimum atomic E-state index is 0. The molecule has 4 bridgehead atoms. The van der Waals surface area contributed by atoms with E-state index in [-0.39, 0.29) is 12.4 Å². The lowest BCUT2D eigenvalue weighted by atomic mass is 9.68. The summed E-state index contributed by atoms with van der Waals surface area (Å²) in [6, 6.07) is 0.536. The molecule has 0 aromatic rings. The minimum absolute atomic E-state index is 0. The van der Waals surface area contributed by atoms with E-state index < -0.39 is 0 Å². The Labute approximate surface area is 84.9 Å². The van der Waals surface area contributed by atoms with Crippen LogP contribution in [0.15, 0.2) is 0 Å². The Balaban J connectivity index is 0.000000653. The van der Waals surface area contributed by atoms with Gasteiger partial charge in [-0.3, -0.25) is 4.79 Å². The maximum atomic E-state index is 11.6. The van der Waals surface area contributed by atoms with Gasteiger partial charge in [0.25, 0.3) is 0 Å². The summed E-state index contributed by atoms with van der Waals surface area (Å²) in [5.41, 5.74) is 0. The summed E-state index contributed by atoms with van der Waals surface area (Å²) in [5, 5.41) is 3.16. The number of carbonyl (C=O) groups is 1. The molecule has 2 aliphatic heterocycles. The van der Waals surface area contributed by atoms with E-state index in [1.807, 2.05) is 0 Å². The van der Waals surface area contributed by atoms with Gasteiger partial charge in [0.1, 0.15) is 0 Å². The fraction of sp³-hybridized carbons (Fsp3) is 0.900. The van der Waals surface area contributed by atoms with Crippen LogP contribution < -0.4 is 5.32 Å². The monoisotopic (exact) mass is 201 g/mol. The Bertz CT molecular complexity index is 217. The van der Waals surface area contributed by atoms with Crippen LogP contribution >= 0.6 is 12.4 Å². The highest BCUT2D eigenvalue weighted by Gasteiger charge is 2.42. The third-order valence-corrected chi connectivity index (χ3v) is 3.86. The van der Waals surface area contributed by atoms with E-state index in [4.69, 9.17) is 0 Å². The Hall–Kier alpha value is -0.240. The summed E-state index contributed by atoms with van der Waals surface area (Å²) in [7, 11) is 0. The Morgan fingerprint density at radius 3 is 2.23 bits per heavy atom. The van der Waals surface area contributed by atoms with Gasteiger partial charge in [0.2, 0.25) is 5.91 Å². The van der Waals surface area contributed by atoms with E-state index in [2.05, 4.69) is 5.32 Å². The molecule has 2 nitrogen and oxygen atoms in total. The molecule has 74 valence electrons. The molecule has 0 aromatic carbocycles. The van der Waals surface area contributed by atoms with Crippen LogP contribution in [0.4, 0.5) is 0 Å². The van der Waals surface area contributed by atoms with Crippen molar-refractivity contribution in [1.29, 1.82) is 0 Å². The summed E-state index contributed by atoms with van der Waals surface area (Å²) in [4.78, 5) is 11.6. The number of nitrogens with one attached hydrogen (secondary N) is 1. The second kappa shape index (κ2) is 3.16. The van der Waals surface area contributed by atoms with Crippen molar-refractivity contribution in [2.75, 3.05) is 0 Å². The number of hydrogen-bond donors (Lipinski definition) is 1. The van der Waals surface area contributed by atoms with Crippen LogP contribution in [-0.2, 0) is 4.79 Å². The quantitative estimate of drug-likeness (QED) is 0.636. The molecule has 3 heteroatoms. The molecule has 0 spiro atoms. The first-order chi connectivity index (χ1) is 5.81. The van der Waals surface area contributed by atoms with Crippen molar-refractivity contribution < 1.29 is 4.79 Å². The lowest BCUT2D eigenvalue weighted by Crippen LogP contribution is -2.35. The number of hydrogen-bond acceptors (Lipinski definition) is 1. The summed E-state index contributed by atoms with van der Waals surface area (Å²) >= 11 is 0. The lowest BCUT2D eigenvalue weighted by molar-refractivity contribution is -0.125. The van der Waals surface area contributed by atoms with Gasteiger partial charge in [-0.15, -0.1) is 12.4 Å². The Morgan fingerprint density at radius 2 is 1.62 bits per heavy atom. The molecule has 4 aliphatic rings. The van der Waals surface area contributed by atoms with E-state index in [1.54, 1.807) is 0 Å². The van der Waals surface area contributed by atoms with E-state index in [1.165, 1.54) is 32.1 Å². The van der Waals surface area contributed by atoms with Crippen LogP contribution in [0.5, 0.6) is 0 Å². The van der Waals surface area contributed by atoms with Gasteiger partial charge in [0, 0.05) is 12.0 Å². The molecular weight excluding hydrogens is 186 g/mol. The number of fused-ring (bicyclic) bond motifs is 1. The van der Waals surface area contributed by atoms with Crippen molar-refractivity contribution in [3.63, 3.8) is 0 Å². The molecule has 0 radical (unpaired) electrons. The topological polar surface area (TPSA) is 29.1 Å². The van der Waals surface area contributed by atoms with E-state index in [9.17, 15) is 4.79 Å². The summed E-state index contributed by atoms with van der Waals surface area (Å²) in [5.74, 6) is 2.46. The number of carbonyl (C=O) groups excluding carboxylic acids is 1. The molecule has 4 fully saturated rings. The molecule has 2 heterocycles. The van der Waals surface area contributed by atoms with Crippen LogP contribution in [0.2, 0.25) is 0 Å². The largest absolute Gasteiger partial charge is 0.353 e. The summed E-state index contributed by atoms with van der Waals surface area (Å²) in [6.45, 7) is 0. The average molecular weight is 202 g/mol. The number of rotatable bonds is 0. The fourth-order valence-corrected chi connectivity index (χ4v) is 3.50. The summed E-state index contributed by atoms with van der Waals surface area (Å²) in [6.07, 6.45) is 6.29. The molecule has 1 amide bonds. The molecule has 2 saturated heterocycles. The molecule has 1 N–H and O–H groups in total. The first kappa shape index (κ1) is 9.32. The Morgan fingerprint density at radius 1 is 1.00 bits per heavy atom. The maximum absolute atomic E-state index is 11.6. The second-order valence-corrected chi connectivity index (χ2v) is 4.81. The minimum Gasteiger partial charge on any atom is -0.353 e. The van der Waals surface area contributed by atoms with Crippen LogP contribution in [0.25, 0.3) is 0 Å². The second-order valence-electron chi connectivity index (χ2n) is 4.81. The molecule has 2 unspecified atom stereocenters. The van der Waals surface area contributed by atoms with Crippen molar-refractivity contribution in [1.82, 2.24) is 5.32 Å². The highest BCUT2D eigenvalue weighted by Crippen LogP contribution is 2.44.